The molecule has 2 heterocycles. The van der Waals surface area contributed by atoms with Crippen LogP contribution in [-0.4, -0.2) is 35.6 Å². The maximum atomic E-state index is 4.50. The van der Waals surface area contributed by atoms with Crippen molar-refractivity contribution in [3.05, 3.63) is 29.6 Å². The maximum Gasteiger partial charge on any atom is 0.0573 e. The lowest BCUT2D eigenvalue weighted by molar-refractivity contribution is 0.140. The lowest BCUT2D eigenvalue weighted by atomic mass is 9.93. The number of nitrogens with one attached hydrogen (secondary N) is 1. The van der Waals surface area contributed by atoms with Crippen molar-refractivity contribution in [2.75, 3.05) is 19.6 Å². The average molecular weight is 247 g/mol. The number of piperidine rings is 1. The molecule has 1 fully saturated rings. The van der Waals surface area contributed by atoms with Gasteiger partial charge in [0.25, 0.3) is 0 Å². The number of rotatable bonds is 4. The Labute approximate surface area is 111 Å². The predicted octanol–water partition coefficient (Wildman–Crippen LogP) is 2.21. The largest absolute Gasteiger partial charge is 0.314 e. The van der Waals surface area contributed by atoms with Gasteiger partial charge in [-0.15, -0.1) is 0 Å². The molecule has 1 aromatic rings. The fraction of sp³-hybridized carbons (Fsp3) is 0.667. The Morgan fingerprint density at radius 1 is 1.50 bits per heavy atom. The van der Waals surface area contributed by atoms with Crippen LogP contribution in [-0.2, 0) is 6.54 Å². The van der Waals surface area contributed by atoms with Crippen molar-refractivity contribution in [1.82, 2.24) is 15.2 Å². The first-order valence-electron chi connectivity index (χ1n) is 7.07. The van der Waals surface area contributed by atoms with Crippen LogP contribution in [0.2, 0.25) is 0 Å². The monoisotopic (exact) mass is 247 g/mol. The zero-order chi connectivity index (χ0) is 13.0. The lowest BCUT2D eigenvalue weighted by Crippen LogP contribution is -2.48. The molecule has 2 rings (SSSR count). The number of nitrogens with zero attached hydrogens (tertiary/aromatic N) is 2. The summed E-state index contributed by atoms with van der Waals surface area (Å²) in [5.74, 6) is 0.725. The summed E-state index contributed by atoms with van der Waals surface area (Å²) in [6.07, 6.45) is 3.15. The van der Waals surface area contributed by atoms with Gasteiger partial charge in [0.05, 0.1) is 5.69 Å². The minimum Gasteiger partial charge on any atom is -0.314 e. The third-order valence-electron chi connectivity index (χ3n) is 3.95. The van der Waals surface area contributed by atoms with Gasteiger partial charge in [-0.2, -0.15) is 0 Å². The minimum absolute atomic E-state index is 0.691. The van der Waals surface area contributed by atoms with Gasteiger partial charge in [-0.25, -0.2) is 0 Å². The highest BCUT2D eigenvalue weighted by atomic mass is 15.2. The summed E-state index contributed by atoms with van der Waals surface area (Å²) in [6.45, 7) is 11.1. The second-order valence-electron chi connectivity index (χ2n) is 5.43. The van der Waals surface area contributed by atoms with Gasteiger partial charge in [0.2, 0.25) is 0 Å². The number of likely N-dealkylation sites (tertiary alicyclic amines) is 1. The second kappa shape index (κ2) is 6.30. The van der Waals surface area contributed by atoms with Crippen molar-refractivity contribution in [2.24, 2.45) is 5.92 Å². The topological polar surface area (TPSA) is 28.2 Å². The van der Waals surface area contributed by atoms with Crippen LogP contribution in [0.4, 0.5) is 0 Å². The normalized spacial score (nSPS) is 25.3. The zero-order valence-corrected chi connectivity index (χ0v) is 11.8. The summed E-state index contributed by atoms with van der Waals surface area (Å²) in [7, 11) is 0. The first-order valence-corrected chi connectivity index (χ1v) is 7.07. The predicted molar refractivity (Wildman–Crippen MR) is 75.5 cm³/mol. The summed E-state index contributed by atoms with van der Waals surface area (Å²) in [4.78, 5) is 7.03. The van der Waals surface area contributed by atoms with Crippen LogP contribution in [0.25, 0.3) is 0 Å². The van der Waals surface area contributed by atoms with Gasteiger partial charge in [0.15, 0.2) is 0 Å². The molecule has 18 heavy (non-hydrogen) atoms. The first-order chi connectivity index (χ1) is 8.70. The fourth-order valence-electron chi connectivity index (χ4n) is 2.84. The van der Waals surface area contributed by atoms with Crippen LogP contribution in [0.3, 0.4) is 0 Å². The highest BCUT2D eigenvalue weighted by Gasteiger charge is 2.25. The van der Waals surface area contributed by atoms with Gasteiger partial charge in [0, 0.05) is 31.9 Å². The van der Waals surface area contributed by atoms with Gasteiger partial charge in [-0.3, -0.25) is 9.88 Å². The van der Waals surface area contributed by atoms with Gasteiger partial charge in [-0.05, 0) is 37.4 Å². The van der Waals surface area contributed by atoms with E-state index in [1.165, 1.54) is 30.8 Å². The van der Waals surface area contributed by atoms with Crippen LogP contribution < -0.4 is 5.32 Å². The second-order valence-corrected chi connectivity index (χ2v) is 5.43. The lowest BCUT2D eigenvalue weighted by Gasteiger charge is -2.37. The van der Waals surface area contributed by atoms with Crippen LogP contribution in [0.1, 0.15) is 31.5 Å². The van der Waals surface area contributed by atoms with Crippen molar-refractivity contribution in [1.29, 1.82) is 0 Å². The van der Waals surface area contributed by atoms with Crippen LogP contribution >= 0.6 is 0 Å². The molecule has 0 amide bonds. The molecule has 1 saturated heterocycles. The number of aryl methyl sites for hydroxylation is 1. The van der Waals surface area contributed by atoms with E-state index in [0.29, 0.717) is 6.04 Å². The smallest absolute Gasteiger partial charge is 0.0573 e. The maximum absolute atomic E-state index is 4.50. The Kier molecular flexibility index (Phi) is 4.72. The number of aromatic nitrogens is 1. The SMILES string of the molecule is CCNC1CCN(Cc2ncccc2C)CC1C. The van der Waals surface area contributed by atoms with Crippen molar-refractivity contribution in [2.45, 2.75) is 39.8 Å². The molecule has 1 aromatic heterocycles. The number of pyridine rings is 1. The van der Waals surface area contributed by atoms with Crippen molar-refractivity contribution < 1.29 is 0 Å². The molecule has 3 heteroatoms. The van der Waals surface area contributed by atoms with E-state index < -0.39 is 0 Å². The van der Waals surface area contributed by atoms with Crippen LogP contribution in [0.5, 0.6) is 0 Å². The zero-order valence-electron chi connectivity index (χ0n) is 11.8. The Bertz CT molecular complexity index is 378. The Hall–Kier alpha value is -0.930. The third kappa shape index (κ3) is 3.30. The molecule has 0 spiro atoms. The molecule has 2 atom stereocenters. The van der Waals surface area contributed by atoms with E-state index in [0.717, 1.165) is 19.0 Å². The van der Waals surface area contributed by atoms with E-state index in [1.807, 2.05) is 12.3 Å². The fourth-order valence-corrected chi connectivity index (χ4v) is 2.84. The molecule has 1 N–H and O–H groups in total. The van der Waals surface area contributed by atoms with E-state index in [9.17, 15) is 0 Å². The molecule has 0 bridgehead atoms. The van der Waals surface area contributed by atoms with Crippen LogP contribution in [0, 0.1) is 12.8 Å². The van der Waals surface area contributed by atoms with Gasteiger partial charge < -0.3 is 5.32 Å². The van der Waals surface area contributed by atoms with E-state index >= 15 is 0 Å². The minimum atomic E-state index is 0.691. The van der Waals surface area contributed by atoms with E-state index in [1.54, 1.807) is 0 Å². The standard InChI is InChI=1S/C15H25N3/c1-4-16-14-7-9-18(10-13(14)3)11-15-12(2)6-5-8-17-15/h5-6,8,13-14,16H,4,7,9-11H2,1-3H3. The molecule has 1 aliphatic heterocycles. The molecule has 1 aliphatic rings. The molecule has 3 nitrogen and oxygen atoms in total. The number of hydrogen-bond acceptors (Lipinski definition) is 3. The highest BCUT2D eigenvalue weighted by Crippen LogP contribution is 2.19. The first kappa shape index (κ1) is 13.5. The summed E-state index contributed by atoms with van der Waals surface area (Å²) in [5, 5.41) is 3.59. The van der Waals surface area contributed by atoms with Crippen molar-refractivity contribution in [3.63, 3.8) is 0 Å². The van der Waals surface area contributed by atoms with Crippen LogP contribution in [0.15, 0.2) is 18.3 Å². The summed E-state index contributed by atoms with van der Waals surface area (Å²) < 4.78 is 0. The molecule has 0 aromatic carbocycles. The van der Waals surface area contributed by atoms with Crippen molar-refractivity contribution in [3.8, 4) is 0 Å². The molecule has 2 unspecified atom stereocenters. The molecule has 0 radical (unpaired) electrons. The molecule has 0 saturated carbocycles. The highest BCUT2D eigenvalue weighted by molar-refractivity contribution is 5.17. The Balaban J connectivity index is 1.91. The summed E-state index contributed by atoms with van der Waals surface area (Å²) >= 11 is 0. The Morgan fingerprint density at radius 2 is 2.33 bits per heavy atom. The summed E-state index contributed by atoms with van der Waals surface area (Å²) in [6, 6.07) is 4.85. The molecular weight excluding hydrogens is 222 g/mol. The van der Waals surface area contributed by atoms with Gasteiger partial charge in [-0.1, -0.05) is 19.9 Å². The molecule has 0 aliphatic carbocycles. The molecular formula is C15H25N3. The third-order valence-corrected chi connectivity index (χ3v) is 3.95. The molecule has 100 valence electrons. The summed E-state index contributed by atoms with van der Waals surface area (Å²) in [5.41, 5.74) is 2.53. The quantitative estimate of drug-likeness (QED) is 0.884. The number of hydrogen-bond donors (Lipinski definition) is 1. The van der Waals surface area contributed by atoms with E-state index in [-0.39, 0.29) is 0 Å². The average Bonchev–Trinajstić information content (AvgIpc) is 2.36. The van der Waals surface area contributed by atoms with Gasteiger partial charge >= 0.3 is 0 Å². The van der Waals surface area contributed by atoms with Crippen molar-refractivity contribution >= 4 is 0 Å². The van der Waals surface area contributed by atoms with Gasteiger partial charge in [0.1, 0.15) is 0 Å². The Morgan fingerprint density at radius 3 is 3.00 bits per heavy atom. The van der Waals surface area contributed by atoms with E-state index in [2.05, 4.69) is 42.0 Å². The van der Waals surface area contributed by atoms with E-state index in [4.69, 9.17) is 0 Å².